The van der Waals surface area contributed by atoms with E-state index in [1.54, 1.807) is 12.1 Å². The minimum absolute atomic E-state index is 0.278. The molecule has 0 saturated heterocycles. The predicted octanol–water partition coefficient (Wildman–Crippen LogP) is 7.42. The SMILES string of the molecule is C[n+]1ccccc1-c1cc(-c2ccc(C(F)(F)F)cc2)[o+]c(-c2ccc(C(F)(F)F)cc2)c1. The second kappa shape index (κ2) is 8.35. The summed E-state index contributed by atoms with van der Waals surface area (Å²) in [5.41, 5.74) is 0.691. The van der Waals surface area contributed by atoms with E-state index in [2.05, 4.69) is 0 Å². The van der Waals surface area contributed by atoms with Crippen LogP contribution in [0, 0.1) is 0 Å². The molecule has 0 spiro atoms. The Bertz CT molecular complexity index is 1200. The van der Waals surface area contributed by atoms with Gasteiger partial charge < -0.3 is 0 Å². The number of rotatable bonds is 3. The summed E-state index contributed by atoms with van der Waals surface area (Å²) < 4.78 is 85.5. The largest absolute Gasteiger partial charge is 0.416 e. The predicted molar refractivity (Wildman–Crippen MR) is 111 cm³/mol. The highest BCUT2D eigenvalue weighted by Crippen LogP contribution is 2.36. The molecule has 0 aliphatic rings. The monoisotopic (exact) mass is 461 g/mol. The van der Waals surface area contributed by atoms with Crippen molar-refractivity contribution in [1.29, 1.82) is 0 Å². The second-order valence-corrected chi connectivity index (χ2v) is 7.42. The smallest absolute Gasteiger partial charge is 0.207 e. The van der Waals surface area contributed by atoms with Crippen LogP contribution < -0.4 is 4.57 Å². The molecular weight excluding hydrogens is 444 g/mol. The maximum absolute atomic E-state index is 12.9. The highest BCUT2D eigenvalue weighted by atomic mass is 19.4. The average Bonchev–Trinajstić information content (AvgIpc) is 2.78. The zero-order valence-electron chi connectivity index (χ0n) is 17.2. The zero-order valence-corrected chi connectivity index (χ0v) is 17.2. The number of aryl methyl sites for hydroxylation is 1. The van der Waals surface area contributed by atoms with Crippen molar-refractivity contribution in [3.05, 3.63) is 96.2 Å². The molecule has 33 heavy (non-hydrogen) atoms. The molecule has 2 aromatic carbocycles. The van der Waals surface area contributed by atoms with E-state index in [1.807, 2.05) is 36.0 Å². The van der Waals surface area contributed by atoms with Crippen LogP contribution in [0.2, 0.25) is 0 Å². The minimum atomic E-state index is -4.47. The molecule has 0 amide bonds. The third-order valence-electron chi connectivity index (χ3n) is 5.14. The van der Waals surface area contributed by atoms with E-state index in [0.29, 0.717) is 16.7 Å². The van der Waals surface area contributed by atoms with Gasteiger partial charge in [0.2, 0.25) is 5.69 Å². The highest BCUT2D eigenvalue weighted by molar-refractivity contribution is 5.72. The van der Waals surface area contributed by atoms with E-state index < -0.39 is 23.5 Å². The lowest BCUT2D eigenvalue weighted by Gasteiger charge is -2.07. The van der Waals surface area contributed by atoms with Crippen LogP contribution in [0.25, 0.3) is 33.9 Å². The molecule has 2 heterocycles. The molecule has 0 atom stereocenters. The summed E-state index contributed by atoms with van der Waals surface area (Å²) in [6, 6.07) is 17.9. The number of alkyl halides is 6. The van der Waals surface area contributed by atoms with Crippen molar-refractivity contribution in [2.75, 3.05) is 0 Å². The molecule has 0 N–H and O–H groups in total. The Morgan fingerprint density at radius 1 is 0.606 bits per heavy atom. The lowest BCUT2D eigenvalue weighted by Crippen LogP contribution is -2.29. The maximum Gasteiger partial charge on any atom is 0.416 e. The Morgan fingerprint density at radius 2 is 1.06 bits per heavy atom. The van der Waals surface area contributed by atoms with E-state index in [9.17, 15) is 26.3 Å². The lowest BCUT2D eigenvalue weighted by atomic mass is 10.0. The maximum atomic E-state index is 12.9. The van der Waals surface area contributed by atoms with Crippen LogP contribution in [-0.4, -0.2) is 0 Å². The Kier molecular flexibility index (Phi) is 5.69. The van der Waals surface area contributed by atoms with E-state index in [1.165, 1.54) is 24.3 Å². The molecule has 0 bridgehead atoms. The van der Waals surface area contributed by atoms with Crippen LogP contribution in [0.1, 0.15) is 11.1 Å². The molecule has 4 aromatic rings. The number of aromatic nitrogens is 1. The number of hydrogen-bond acceptors (Lipinski definition) is 0. The molecule has 0 fully saturated rings. The fourth-order valence-electron chi connectivity index (χ4n) is 3.40. The van der Waals surface area contributed by atoms with Gasteiger partial charge in [-0.15, -0.1) is 0 Å². The number of benzene rings is 2. The summed E-state index contributed by atoms with van der Waals surface area (Å²) >= 11 is 0. The van der Waals surface area contributed by atoms with Gasteiger partial charge in [-0.3, -0.25) is 0 Å². The van der Waals surface area contributed by atoms with Crippen LogP contribution in [-0.2, 0) is 19.4 Å². The third kappa shape index (κ3) is 4.89. The van der Waals surface area contributed by atoms with Gasteiger partial charge in [0.25, 0.3) is 0 Å². The average molecular weight is 461 g/mol. The fourth-order valence-corrected chi connectivity index (χ4v) is 3.40. The van der Waals surface area contributed by atoms with E-state index >= 15 is 0 Å². The fraction of sp³-hybridized carbons (Fsp3) is 0.120. The topological polar surface area (TPSA) is 15.2 Å². The first-order valence-corrected chi connectivity index (χ1v) is 9.81. The van der Waals surface area contributed by atoms with Gasteiger partial charge in [0.1, 0.15) is 7.05 Å². The first-order chi connectivity index (χ1) is 15.5. The van der Waals surface area contributed by atoms with Crippen molar-refractivity contribution in [2.45, 2.75) is 12.4 Å². The van der Waals surface area contributed by atoms with Gasteiger partial charge in [0.15, 0.2) is 6.20 Å². The Morgan fingerprint density at radius 3 is 1.45 bits per heavy atom. The second-order valence-electron chi connectivity index (χ2n) is 7.42. The molecule has 2 aromatic heterocycles. The highest BCUT2D eigenvalue weighted by Gasteiger charge is 2.32. The van der Waals surface area contributed by atoms with Crippen LogP contribution in [0.4, 0.5) is 26.3 Å². The minimum Gasteiger partial charge on any atom is -0.207 e. The summed E-state index contributed by atoms with van der Waals surface area (Å²) in [6.07, 6.45) is -7.11. The Balaban J connectivity index is 1.85. The summed E-state index contributed by atoms with van der Waals surface area (Å²) in [5, 5.41) is 0. The Labute approximate surface area is 185 Å². The first-order valence-electron chi connectivity index (χ1n) is 9.81. The molecule has 0 unspecified atom stereocenters. The summed E-state index contributed by atoms with van der Waals surface area (Å²) in [6.45, 7) is 0. The molecule has 0 radical (unpaired) electrons. The molecule has 0 aliphatic heterocycles. The van der Waals surface area contributed by atoms with Crippen LogP contribution in [0.5, 0.6) is 0 Å². The summed E-state index contributed by atoms with van der Waals surface area (Å²) in [7, 11) is 1.83. The molecular formula is C25H17F6NO+2. The lowest BCUT2D eigenvalue weighted by molar-refractivity contribution is -0.660. The Hall–Kier alpha value is -3.68. The van der Waals surface area contributed by atoms with Gasteiger partial charge in [0.05, 0.1) is 39.9 Å². The molecule has 8 heteroatoms. The molecule has 0 saturated carbocycles. The summed E-state index contributed by atoms with van der Waals surface area (Å²) in [5.74, 6) is 0.556. The van der Waals surface area contributed by atoms with Crippen molar-refractivity contribution in [2.24, 2.45) is 7.05 Å². The van der Waals surface area contributed by atoms with Crippen LogP contribution in [0.3, 0.4) is 0 Å². The van der Waals surface area contributed by atoms with Crippen molar-refractivity contribution in [3.8, 4) is 33.9 Å². The van der Waals surface area contributed by atoms with E-state index in [0.717, 1.165) is 30.0 Å². The van der Waals surface area contributed by atoms with Gasteiger partial charge in [-0.25, -0.2) is 8.98 Å². The van der Waals surface area contributed by atoms with Gasteiger partial charge in [-0.05, 0) is 54.6 Å². The standard InChI is InChI=1S/C25H17F6NO/c1-32-13-3-2-4-21(32)18-14-22(16-5-9-19(10-6-16)24(26,27)28)33-23(15-18)17-7-11-20(12-8-17)25(29,30)31/h2-15H,1H3/q+2. The molecule has 4 rings (SSSR count). The van der Waals surface area contributed by atoms with Gasteiger partial charge in [-0.1, -0.05) is 0 Å². The molecule has 168 valence electrons. The van der Waals surface area contributed by atoms with Crippen LogP contribution >= 0.6 is 0 Å². The van der Waals surface area contributed by atoms with Crippen molar-refractivity contribution >= 4 is 0 Å². The third-order valence-corrected chi connectivity index (χ3v) is 5.14. The van der Waals surface area contributed by atoms with Gasteiger partial charge in [0, 0.05) is 12.1 Å². The van der Waals surface area contributed by atoms with E-state index in [-0.39, 0.29) is 11.5 Å². The van der Waals surface area contributed by atoms with Crippen LogP contribution in [0.15, 0.2) is 89.5 Å². The normalized spacial score (nSPS) is 12.1. The quantitative estimate of drug-likeness (QED) is 0.176. The summed E-state index contributed by atoms with van der Waals surface area (Å²) in [4.78, 5) is 0. The van der Waals surface area contributed by atoms with Crippen molar-refractivity contribution < 1.29 is 35.3 Å². The number of hydrogen-bond donors (Lipinski definition) is 0. The zero-order chi connectivity index (χ0) is 23.8. The number of pyridine rings is 1. The van der Waals surface area contributed by atoms with Gasteiger partial charge in [-0.2, -0.15) is 26.3 Å². The number of halogens is 6. The molecule has 2 nitrogen and oxygen atoms in total. The van der Waals surface area contributed by atoms with Gasteiger partial charge >= 0.3 is 23.9 Å². The van der Waals surface area contributed by atoms with E-state index in [4.69, 9.17) is 4.42 Å². The number of nitrogens with zero attached hydrogens (tertiary/aromatic N) is 1. The van der Waals surface area contributed by atoms with Crippen molar-refractivity contribution in [1.82, 2.24) is 0 Å². The molecule has 0 aliphatic carbocycles. The first kappa shape index (κ1) is 22.5. The van der Waals surface area contributed by atoms with Crippen molar-refractivity contribution in [3.63, 3.8) is 0 Å².